The Morgan fingerprint density at radius 1 is 1.36 bits per heavy atom. The van der Waals surface area contributed by atoms with E-state index in [-0.39, 0.29) is 6.10 Å². The Morgan fingerprint density at radius 2 is 2.00 bits per heavy atom. The van der Waals surface area contributed by atoms with E-state index in [1.54, 1.807) is 12.1 Å². The SMILES string of the molecule is CN1CCO[C@H]([C@H](NS(=O)(=O)N(C)C)c2ccc(Cl)cc2)C1. The third-order valence-corrected chi connectivity index (χ3v) is 5.42. The normalized spacial score (nSPS) is 22.0. The Balaban J connectivity index is 2.29. The highest BCUT2D eigenvalue weighted by Gasteiger charge is 2.32. The molecule has 0 aromatic heterocycles. The maximum absolute atomic E-state index is 12.2. The fourth-order valence-corrected chi connectivity index (χ4v) is 3.25. The zero-order chi connectivity index (χ0) is 16.3. The number of likely N-dealkylation sites (N-methyl/N-ethyl adjacent to an activating group) is 1. The van der Waals surface area contributed by atoms with Crippen molar-refractivity contribution in [3.63, 3.8) is 0 Å². The molecule has 0 aliphatic carbocycles. The third-order valence-electron chi connectivity index (χ3n) is 3.65. The molecular formula is C14H22ClN3O3S. The Hall–Kier alpha value is -0.700. The summed E-state index contributed by atoms with van der Waals surface area (Å²) in [7, 11) is 1.41. The molecule has 1 N–H and O–H groups in total. The predicted molar refractivity (Wildman–Crippen MR) is 87.2 cm³/mol. The van der Waals surface area contributed by atoms with Crippen LogP contribution in [0.15, 0.2) is 24.3 Å². The fourth-order valence-electron chi connectivity index (χ4n) is 2.31. The summed E-state index contributed by atoms with van der Waals surface area (Å²) < 4.78 is 34.1. The average Bonchev–Trinajstić information content (AvgIpc) is 2.46. The zero-order valence-electron chi connectivity index (χ0n) is 13.0. The summed E-state index contributed by atoms with van der Waals surface area (Å²) in [5.74, 6) is 0. The quantitative estimate of drug-likeness (QED) is 0.866. The molecule has 0 radical (unpaired) electrons. The van der Waals surface area contributed by atoms with Crippen LogP contribution in [0.3, 0.4) is 0 Å². The van der Waals surface area contributed by atoms with E-state index in [9.17, 15) is 8.42 Å². The van der Waals surface area contributed by atoms with Gasteiger partial charge < -0.3 is 9.64 Å². The standard InChI is InChI=1S/C14H22ClN3O3S/c1-17(2)22(19,20)16-14(11-4-6-12(15)7-5-11)13-10-18(3)8-9-21-13/h4-7,13-14,16H,8-10H2,1-3H3/t13-,14+/m0/s1. The second-order valence-corrected chi connectivity index (χ2v) is 7.96. The molecule has 2 rings (SSSR count). The molecule has 0 unspecified atom stereocenters. The number of halogens is 1. The van der Waals surface area contributed by atoms with Crippen molar-refractivity contribution < 1.29 is 13.2 Å². The largest absolute Gasteiger partial charge is 0.374 e. The van der Waals surface area contributed by atoms with Crippen LogP contribution in [0.1, 0.15) is 11.6 Å². The van der Waals surface area contributed by atoms with Crippen LogP contribution in [0.4, 0.5) is 0 Å². The van der Waals surface area contributed by atoms with Gasteiger partial charge in [-0.05, 0) is 24.7 Å². The summed E-state index contributed by atoms with van der Waals surface area (Å²) in [6.07, 6.45) is -0.255. The lowest BCUT2D eigenvalue weighted by Crippen LogP contribution is -2.49. The maximum Gasteiger partial charge on any atom is 0.279 e. The van der Waals surface area contributed by atoms with Crippen LogP contribution in [-0.2, 0) is 14.9 Å². The molecule has 0 amide bonds. The second-order valence-electron chi connectivity index (χ2n) is 5.61. The van der Waals surface area contributed by atoms with Gasteiger partial charge >= 0.3 is 0 Å². The predicted octanol–water partition coefficient (Wildman–Crippen LogP) is 1.11. The van der Waals surface area contributed by atoms with Crippen molar-refractivity contribution in [2.24, 2.45) is 0 Å². The molecule has 1 aromatic carbocycles. The molecule has 1 aliphatic rings. The first-order chi connectivity index (χ1) is 10.3. The number of hydrogen-bond donors (Lipinski definition) is 1. The Labute approximate surface area is 137 Å². The first-order valence-corrected chi connectivity index (χ1v) is 8.87. The minimum absolute atomic E-state index is 0.255. The number of nitrogens with zero attached hydrogens (tertiary/aromatic N) is 2. The topological polar surface area (TPSA) is 61.9 Å². The molecule has 2 atom stereocenters. The van der Waals surface area contributed by atoms with Gasteiger partial charge in [0.2, 0.25) is 0 Å². The van der Waals surface area contributed by atoms with Gasteiger partial charge in [0.25, 0.3) is 10.2 Å². The number of nitrogens with one attached hydrogen (secondary N) is 1. The van der Waals surface area contributed by atoms with Crippen molar-refractivity contribution >= 4 is 21.8 Å². The Kier molecular flexibility index (Phi) is 5.81. The van der Waals surface area contributed by atoms with Crippen LogP contribution in [0, 0.1) is 0 Å². The molecule has 6 nitrogen and oxygen atoms in total. The zero-order valence-corrected chi connectivity index (χ0v) is 14.6. The van der Waals surface area contributed by atoms with Gasteiger partial charge in [-0.1, -0.05) is 23.7 Å². The van der Waals surface area contributed by atoms with Crippen molar-refractivity contribution in [3.8, 4) is 0 Å². The molecule has 1 saturated heterocycles. The summed E-state index contributed by atoms with van der Waals surface area (Å²) in [5, 5.41) is 0.611. The smallest absolute Gasteiger partial charge is 0.279 e. The maximum atomic E-state index is 12.2. The molecule has 22 heavy (non-hydrogen) atoms. The lowest BCUT2D eigenvalue weighted by molar-refractivity contribution is -0.0356. The number of hydrogen-bond acceptors (Lipinski definition) is 4. The highest BCUT2D eigenvalue weighted by molar-refractivity contribution is 7.87. The molecule has 1 heterocycles. The van der Waals surface area contributed by atoms with E-state index in [0.29, 0.717) is 18.2 Å². The van der Waals surface area contributed by atoms with Gasteiger partial charge in [0.15, 0.2) is 0 Å². The van der Waals surface area contributed by atoms with Gasteiger partial charge in [0.05, 0.1) is 18.8 Å². The van der Waals surface area contributed by atoms with Crippen molar-refractivity contribution in [2.45, 2.75) is 12.1 Å². The summed E-state index contributed by atoms with van der Waals surface area (Å²) in [6.45, 7) is 2.07. The van der Waals surface area contributed by atoms with Gasteiger partial charge in [-0.3, -0.25) is 0 Å². The van der Waals surface area contributed by atoms with Crippen molar-refractivity contribution in [2.75, 3.05) is 40.8 Å². The summed E-state index contributed by atoms with van der Waals surface area (Å²) in [5.41, 5.74) is 0.829. The lowest BCUT2D eigenvalue weighted by atomic mass is 10.0. The van der Waals surface area contributed by atoms with Crippen LogP contribution in [0.5, 0.6) is 0 Å². The van der Waals surface area contributed by atoms with Crippen molar-refractivity contribution in [1.82, 2.24) is 13.9 Å². The van der Waals surface area contributed by atoms with Crippen LogP contribution < -0.4 is 4.72 Å². The second kappa shape index (κ2) is 7.25. The van der Waals surface area contributed by atoms with E-state index in [1.807, 2.05) is 19.2 Å². The van der Waals surface area contributed by atoms with E-state index in [4.69, 9.17) is 16.3 Å². The van der Waals surface area contributed by atoms with Crippen molar-refractivity contribution in [1.29, 1.82) is 0 Å². The average molecular weight is 348 g/mol. The molecule has 1 aromatic rings. The summed E-state index contributed by atoms with van der Waals surface area (Å²) in [6, 6.07) is 6.68. The van der Waals surface area contributed by atoms with Crippen LogP contribution in [0.2, 0.25) is 5.02 Å². The molecule has 1 aliphatic heterocycles. The number of morpholine rings is 1. The highest BCUT2D eigenvalue weighted by atomic mass is 35.5. The van der Waals surface area contributed by atoms with Gasteiger partial charge in [-0.25, -0.2) is 0 Å². The van der Waals surface area contributed by atoms with E-state index < -0.39 is 16.3 Å². The van der Waals surface area contributed by atoms with Gasteiger partial charge in [0.1, 0.15) is 0 Å². The van der Waals surface area contributed by atoms with Crippen LogP contribution >= 0.6 is 11.6 Å². The van der Waals surface area contributed by atoms with Crippen LogP contribution in [0.25, 0.3) is 0 Å². The monoisotopic (exact) mass is 347 g/mol. The summed E-state index contributed by atoms with van der Waals surface area (Å²) >= 11 is 5.92. The van der Waals surface area contributed by atoms with Gasteiger partial charge in [-0.15, -0.1) is 0 Å². The van der Waals surface area contributed by atoms with Crippen LogP contribution in [-0.4, -0.2) is 64.6 Å². The third kappa shape index (κ3) is 4.41. The first kappa shape index (κ1) is 17.7. The Bertz CT molecular complexity index is 592. The fraction of sp³-hybridized carbons (Fsp3) is 0.571. The number of rotatable bonds is 5. The van der Waals surface area contributed by atoms with Gasteiger partial charge in [0, 0.05) is 32.2 Å². The van der Waals surface area contributed by atoms with E-state index in [1.165, 1.54) is 14.1 Å². The molecule has 124 valence electrons. The van der Waals surface area contributed by atoms with E-state index in [0.717, 1.165) is 16.4 Å². The Morgan fingerprint density at radius 3 is 2.55 bits per heavy atom. The summed E-state index contributed by atoms with van der Waals surface area (Å²) in [4.78, 5) is 2.13. The minimum Gasteiger partial charge on any atom is -0.374 e. The lowest BCUT2D eigenvalue weighted by Gasteiger charge is -2.36. The van der Waals surface area contributed by atoms with Gasteiger partial charge in [-0.2, -0.15) is 17.4 Å². The van der Waals surface area contributed by atoms with E-state index in [2.05, 4.69) is 9.62 Å². The first-order valence-electron chi connectivity index (χ1n) is 7.05. The number of ether oxygens (including phenoxy) is 1. The highest BCUT2D eigenvalue weighted by Crippen LogP contribution is 2.24. The minimum atomic E-state index is -3.57. The molecule has 0 bridgehead atoms. The number of benzene rings is 1. The molecule has 1 fully saturated rings. The molecular weight excluding hydrogens is 326 g/mol. The van der Waals surface area contributed by atoms with E-state index >= 15 is 0 Å². The van der Waals surface area contributed by atoms with Crippen molar-refractivity contribution in [3.05, 3.63) is 34.9 Å². The molecule has 0 saturated carbocycles. The molecule has 0 spiro atoms. The molecule has 8 heteroatoms.